The van der Waals surface area contributed by atoms with Crippen molar-refractivity contribution in [2.45, 2.75) is 19.8 Å². The van der Waals surface area contributed by atoms with Gasteiger partial charge in [0.15, 0.2) is 0 Å². The number of rotatable bonds is 7. The lowest BCUT2D eigenvalue weighted by molar-refractivity contribution is -0.391. The maximum atomic E-state index is 11.8. The SMILES string of the molecule is CCCCOC(=O)c1ccc(Oc2nc3sccn3c2[N+](=O)[O-])cc1. The Balaban J connectivity index is 1.76. The minimum Gasteiger partial charge on any atom is -0.462 e. The zero-order valence-corrected chi connectivity index (χ0v) is 14.2. The van der Waals surface area contributed by atoms with Crippen LogP contribution in [0, 0.1) is 10.1 Å². The van der Waals surface area contributed by atoms with Crippen LogP contribution in [0.3, 0.4) is 0 Å². The molecule has 2 heterocycles. The van der Waals surface area contributed by atoms with E-state index < -0.39 is 10.9 Å². The van der Waals surface area contributed by atoms with Gasteiger partial charge in [-0.05, 0) is 35.6 Å². The number of hydrogen-bond donors (Lipinski definition) is 0. The Labute approximate surface area is 146 Å². The number of aromatic nitrogens is 2. The Bertz CT molecular complexity index is 900. The van der Waals surface area contributed by atoms with Crippen LogP contribution in [-0.2, 0) is 4.74 Å². The summed E-state index contributed by atoms with van der Waals surface area (Å²) in [5.74, 6) is -0.387. The summed E-state index contributed by atoms with van der Waals surface area (Å²) in [6.45, 7) is 2.39. The minimum absolute atomic E-state index is 0.0878. The molecule has 0 spiro atoms. The highest BCUT2D eigenvalue weighted by Crippen LogP contribution is 2.33. The van der Waals surface area contributed by atoms with Crippen LogP contribution < -0.4 is 4.74 Å². The Morgan fingerprint density at radius 3 is 2.80 bits per heavy atom. The van der Waals surface area contributed by atoms with Crippen LogP contribution in [-0.4, -0.2) is 26.9 Å². The second-order valence-corrected chi connectivity index (χ2v) is 6.04. The lowest BCUT2D eigenvalue weighted by Gasteiger charge is -2.05. The lowest BCUT2D eigenvalue weighted by atomic mass is 10.2. The molecule has 0 radical (unpaired) electrons. The third kappa shape index (κ3) is 3.61. The molecule has 3 rings (SSSR count). The molecule has 130 valence electrons. The Hall–Kier alpha value is -2.94. The summed E-state index contributed by atoms with van der Waals surface area (Å²) in [5, 5.41) is 13.0. The molecule has 1 aromatic carbocycles. The van der Waals surface area contributed by atoms with Crippen LogP contribution in [0.4, 0.5) is 5.82 Å². The van der Waals surface area contributed by atoms with Gasteiger partial charge in [0, 0.05) is 5.38 Å². The van der Waals surface area contributed by atoms with Crippen molar-refractivity contribution < 1.29 is 19.2 Å². The van der Waals surface area contributed by atoms with Gasteiger partial charge >= 0.3 is 17.7 Å². The van der Waals surface area contributed by atoms with E-state index in [0.29, 0.717) is 22.9 Å². The van der Waals surface area contributed by atoms with E-state index in [0.717, 1.165) is 12.8 Å². The summed E-state index contributed by atoms with van der Waals surface area (Å²) >= 11 is 1.27. The van der Waals surface area contributed by atoms with Crippen LogP contribution >= 0.6 is 11.3 Å². The maximum Gasteiger partial charge on any atom is 0.393 e. The minimum atomic E-state index is -0.540. The molecule has 8 nitrogen and oxygen atoms in total. The van der Waals surface area contributed by atoms with Crippen LogP contribution in [0.2, 0.25) is 0 Å². The van der Waals surface area contributed by atoms with E-state index in [2.05, 4.69) is 4.98 Å². The molecule has 0 bridgehead atoms. The molecule has 3 aromatic rings. The van der Waals surface area contributed by atoms with E-state index >= 15 is 0 Å². The fourth-order valence-electron chi connectivity index (χ4n) is 2.15. The molecule has 0 saturated carbocycles. The highest BCUT2D eigenvalue weighted by molar-refractivity contribution is 7.15. The van der Waals surface area contributed by atoms with Gasteiger partial charge in [0.05, 0.1) is 12.2 Å². The predicted octanol–water partition coefficient (Wildman–Crippen LogP) is 4.05. The van der Waals surface area contributed by atoms with Crippen molar-refractivity contribution in [3.8, 4) is 11.6 Å². The number of nitro groups is 1. The van der Waals surface area contributed by atoms with Crippen LogP contribution in [0.25, 0.3) is 4.96 Å². The molecule has 2 aromatic heterocycles. The van der Waals surface area contributed by atoms with Gasteiger partial charge in [-0.2, -0.15) is 9.38 Å². The van der Waals surface area contributed by atoms with E-state index in [4.69, 9.17) is 9.47 Å². The van der Waals surface area contributed by atoms with Gasteiger partial charge in [-0.1, -0.05) is 24.7 Å². The van der Waals surface area contributed by atoms with Crippen molar-refractivity contribution in [1.29, 1.82) is 0 Å². The molecule has 0 N–H and O–H groups in total. The first-order valence-electron chi connectivity index (χ1n) is 7.65. The number of benzene rings is 1. The van der Waals surface area contributed by atoms with Gasteiger partial charge in [-0.3, -0.25) is 0 Å². The summed E-state index contributed by atoms with van der Waals surface area (Å²) in [6.07, 6.45) is 3.32. The number of imidazole rings is 1. The van der Waals surface area contributed by atoms with Gasteiger partial charge in [-0.15, -0.1) is 0 Å². The van der Waals surface area contributed by atoms with Gasteiger partial charge < -0.3 is 19.6 Å². The van der Waals surface area contributed by atoms with Gasteiger partial charge in [0.25, 0.3) is 4.96 Å². The monoisotopic (exact) mass is 361 g/mol. The van der Waals surface area contributed by atoms with Gasteiger partial charge in [0.2, 0.25) is 0 Å². The predicted molar refractivity (Wildman–Crippen MR) is 91.4 cm³/mol. The molecule has 0 saturated heterocycles. The largest absolute Gasteiger partial charge is 0.462 e. The summed E-state index contributed by atoms with van der Waals surface area (Å²) in [6, 6.07) is 6.20. The zero-order chi connectivity index (χ0) is 17.8. The molecule has 0 unspecified atom stereocenters. The van der Waals surface area contributed by atoms with E-state index in [9.17, 15) is 14.9 Å². The van der Waals surface area contributed by atoms with Crippen molar-refractivity contribution >= 4 is 28.1 Å². The molecule has 0 fully saturated rings. The third-order valence-corrected chi connectivity index (χ3v) is 4.17. The lowest BCUT2D eigenvalue weighted by Crippen LogP contribution is -2.06. The Morgan fingerprint density at radius 1 is 1.36 bits per heavy atom. The molecule has 0 amide bonds. The Morgan fingerprint density at radius 2 is 2.12 bits per heavy atom. The molecule has 0 aliphatic rings. The summed E-state index contributed by atoms with van der Waals surface area (Å²) in [4.78, 5) is 27.2. The highest BCUT2D eigenvalue weighted by Gasteiger charge is 2.25. The molecule has 0 atom stereocenters. The number of carbonyl (C=O) groups excluding carboxylic acids is 1. The van der Waals surface area contributed by atoms with E-state index in [1.54, 1.807) is 35.8 Å². The number of ether oxygens (including phenoxy) is 2. The summed E-state index contributed by atoms with van der Waals surface area (Å²) < 4.78 is 12.0. The number of fused-ring (bicyclic) bond motifs is 1. The first-order valence-corrected chi connectivity index (χ1v) is 8.53. The smallest absolute Gasteiger partial charge is 0.393 e. The number of nitrogens with zero attached hydrogens (tertiary/aromatic N) is 3. The van der Waals surface area contributed by atoms with Crippen LogP contribution in [0.5, 0.6) is 11.6 Å². The van der Waals surface area contributed by atoms with Crippen molar-refractivity contribution in [1.82, 2.24) is 9.38 Å². The first kappa shape index (κ1) is 16.9. The second kappa shape index (κ2) is 7.31. The van der Waals surface area contributed by atoms with E-state index in [-0.39, 0.29) is 11.7 Å². The maximum absolute atomic E-state index is 11.8. The normalized spacial score (nSPS) is 10.8. The number of thiazole rings is 1. The van der Waals surface area contributed by atoms with Crippen LogP contribution in [0.1, 0.15) is 30.1 Å². The number of hydrogen-bond acceptors (Lipinski definition) is 7. The van der Waals surface area contributed by atoms with E-state index in [1.807, 2.05) is 6.92 Å². The fourth-order valence-corrected chi connectivity index (χ4v) is 2.85. The van der Waals surface area contributed by atoms with Crippen molar-refractivity contribution in [2.24, 2.45) is 0 Å². The quantitative estimate of drug-likeness (QED) is 0.273. The number of esters is 1. The van der Waals surface area contributed by atoms with Gasteiger partial charge in [-0.25, -0.2) is 4.79 Å². The van der Waals surface area contributed by atoms with E-state index in [1.165, 1.54) is 15.7 Å². The van der Waals surface area contributed by atoms with Crippen molar-refractivity contribution in [3.63, 3.8) is 0 Å². The average Bonchev–Trinajstić information content (AvgIpc) is 3.15. The van der Waals surface area contributed by atoms with Crippen molar-refractivity contribution in [2.75, 3.05) is 6.61 Å². The topological polar surface area (TPSA) is 96.0 Å². The molecule has 0 aliphatic heterocycles. The highest BCUT2D eigenvalue weighted by atomic mass is 32.1. The number of carbonyl (C=O) groups is 1. The second-order valence-electron chi connectivity index (χ2n) is 5.17. The van der Waals surface area contributed by atoms with Gasteiger partial charge in [0.1, 0.15) is 11.9 Å². The molecule has 0 aliphatic carbocycles. The number of unbranched alkanes of at least 4 members (excludes halogenated alkanes) is 1. The zero-order valence-electron chi connectivity index (χ0n) is 13.4. The van der Waals surface area contributed by atoms with Crippen LogP contribution in [0.15, 0.2) is 35.8 Å². The molecular weight excluding hydrogens is 346 g/mol. The average molecular weight is 361 g/mol. The molecular formula is C16H15N3O5S. The summed E-state index contributed by atoms with van der Waals surface area (Å²) in [7, 11) is 0. The first-order chi connectivity index (χ1) is 12.1. The summed E-state index contributed by atoms with van der Waals surface area (Å²) in [5.41, 5.74) is 0.392. The van der Waals surface area contributed by atoms with Crippen molar-refractivity contribution in [3.05, 3.63) is 51.5 Å². The standard InChI is InChI=1S/C16H15N3O5S/c1-2-3-9-23-15(20)11-4-6-12(7-5-11)24-13-14(19(21)22)18-8-10-25-16(18)17-13/h4-8,10H,2-3,9H2,1H3. The fraction of sp³-hybridized carbons (Fsp3) is 0.250. The third-order valence-electron chi connectivity index (χ3n) is 3.41. The molecule has 9 heteroatoms. The molecule has 25 heavy (non-hydrogen) atoms. The Kier molecular flexibility index (Phi) is 4.94.